The van der Waals surface area contributed by atoms with Gasteiger partial charge in [0.2, 0.25) is 10.0 Å². The molecule has 0 amide bonds. The van der Waals surface area contributed by atoms with E-state index in [2.05, 4.69) is 19.5 Å². The molecule has 1 aromatic carbocycles. The third kappa shape index (κ3) is 7.66. The number of hydrogen-bond acceptors (Lipinski definition) is 8. The van der Waals surface area contributed by atoms with E-state index in [0.29, 0.717) is 37.5 Å². The van der Waals surface area contributed by atoms with Gasteiger partial charge < -0.3 is 4.74 Å². The Balaban J connectivity index is 1.85. The average Bonchev–Trinajstić information content (AvgIpc) is 2.68. The van der Waals surface area contributed by atoms with Gasteiger partial charge in [0.25, 0.3) is 0 Å². The summed E-state index contributed by atoms with van der Waals surface area (Å²) in [5.74, 6) is 0.407. The maximum atomic E-state index is 13.2. The molecule has 0 unspecified atom stereocenters. The first-order valence-electron chi connectivity index (χ1n) is 8.72. The molecule has 29 heavy (non-hydrogen) atoms. The van der Waals surface area contributed by atoms with Gasteiger partial charge in [0.05, 0.1) is 18.6 Å². The quantitative estimate of drug-likeness (QED) is 0.174. The highest BCUT2D eigenvalue weighted by Crippen LogP contribution is 2.25. The van der Waals surface area contributed by atoms with E-state index in [0.717, 1.165) is 19.3 Å². The normalized spacial score (nSPS) is 16.6. The van der Waals surface area contributed by atoms with Gasteiger partial charge in [-0.25, -0.2) is 12.7 Å². The second-order valence-electron chi connectivity index (χ2n) is 5.91. The van der Waals surface area contributed by atoms with Crippen LogP contribution in [0.3, 0.4) is 0 Å². The van der Waals surface area contributed by atoms with Gasteiger partial charge in [0.1, 0.15) is 10.8 Å². The van der Waals surface area contributed by atoms with Gasteiger partial charge in [-0.15, -0.1) is 4.33 Å². The van der Waals surface area contributed by atoms with E-state index >= 15 is 0 Å². The van der Waals surface area contributed by atoms with Gasteiger partial charge in [-0.3, -0.25) is 0 Å². The molecular weight excluding hydrogens is 437 g/mol. The lowest BCUT2D eigenvalue weighted by atomic mass is 10.1. The van der Waals surface area contributed by atoms with Crippen LogP contribution in [0.4, 0.5) is 13.2 Å². The maximum Gasteiger partial charge on any atom is 0.437 e. The van der Waals surface area contributed by atoms with Crippen molar-refractivity contribution in [2.75, 3.05) is 24.8 Å². The van der Waals surface area contributed by atoms with Crippen LogP contribution in [0, 0.1) is 0 Å². The Hall–Kier alpha value is -1.54. The summed E-state index contributed by atoms with van der Waals surface area (Å²) in [5.41, 5.74) is -1.63. The maximum absolute atomic E-state index is 13.2. The number of benzene rings is 1. The highest BCUT2D eigenvalue weighted by Gasteiger charge is 2.38. The SMILES string of the molecule is CCOc1ccc(/C(=N\OOOSCS(=O)(=O)N2CCCCC2)C(F)(F)F)cc1. The van der Waals surface area contributed by atoms with Crippen LogP contribution in [-0.4, -0.2) is 49.4 Å². The Bertz CT molecular complexity index is 766. The summed E-state index contributed by atoms with van der Waals surface area (Å²) in [4.78, 5) is 4.10. The topological polar surface area (TPSA) is 86.7 Å². The minimum absolute atomic E-state index is 0.273. The van der Waals surface area contributed by atoms with Crippen molar-refractivity contribution < 1.29 is 40.7 Å². The third-order valence-electron chi connectivity index (χ3n) is 3.85. The smallest absolute Gasteiger partial charge is 0.437 e. The number of alkyl halides is 3. The first kappa shape index (κ1) is 23.7. The van der Waals surface area contributed by atoms with Crippen LogP contribution >= 0.6 is 12.0 Å². The molecule has 1 fully saturated rings. The summed E-state index contributed by atoms with van der Waals surface area (Å²) < 4.78 is 74.5. The summed E-state index contributed by atoms with van der Waals surface area (Å²) in [6, 6.07) is 5.06. The molecule has 2 rings (SSSR count). The summed E-state index contributed by atoms with van der Waals surface area (Å²) in [6.45, 7) is 2.99. The summed E-state index contributed by atoms with van der Waals surface area (Å²) in [6.07, 6.45) is -2.28. The van der Waals surface area contributed by atoms with Crippen molar-refractivity contribution in [3.05, 3.63) is 29.8 Å². The molecule has 0 atom stereocenters. The fourth-order valence-electron chi connectivity index (χ4n) is 2.53. The standard InChI is InChI=1S/C16H21F3N2O6S2/c1-2-24-14-8-6-13(7-9-14)15(16(17,18)19)20-25-26-27-28-12-29(22,23)21-10-4-3-5-11-21/h6-9H,2-5,10-12H2,1H3/b20-15+. The third-order valence-corrected chi connectivity index (χ3v) is 6.73. The van der Waals surface area contributed by atoms with Gasteiger partial charge in [-0.1, -0.05) is 6.42 Å². The molecule has 0 spiro atoms. The molecule has 0 bridgehead atoms. The van der Waals surface area contributed by atoms with Gasteiger partial charge >= 0.3 is 6.18 Å². The monoisotopic (exact) mass is 458 g/mol. The zero-order valence-corrected chi connectivity index (χ0v) is 17.2. The van der Waals surface area contributed by atoms with Crippen molar-refractivity contribution >= 4 is 27.8 Å². The minimum atomic E-state index is -4.82. The van der Waals surface area contributed by atoms with Crippen LogP contribution in [0.25, 0.3) is 0 Å². The van der Waals surface area contributed by atoms with Crippen LogP contribution in [0.5, 0.6) is 5.75 Å². The second-order valence-corrected chi connectivity index (χ2v) is 8.91. The van der Waals surface area contributed by atoms with Crippen LogP contribution in [-0.2, 0) is 24.4 Å². The Morgan fingerprint density at radius 3 is 2.41 bits per heavy atom. The molecule has 0 radical (unpaired) electrons. The van der Waals surface area contributed by atoms with Gasteiger partial charge in [0, 0.05) is 23.7 Å². The number of hydrogen-bond donors (Lipinski definition) is 0. The lowest BCUT2D eigenvalue weighted by Crippen LogP contribution is -2.36. The number of oxime groups is 1. The molecule has 13 heteroatoms. The molecule has 1 saturated heterocycles. The summed E-state index contributed by atoms with van der Waals surface area (Å²) in [7, 11) is -3.55. The van der Waals surface area contributed by atoms with Crippen LogP contribution < -0.4 is 4.74 Å². The van der Waals surface area contributed by atoms with E-state index < -0.39 is 27.0 Å². The average molecular weight is 458 g/mol. The first-order valence-corrected chi connectivity index (χ1v) is 11.2. The molecule has 164 valence electrons. The molecule has 1 aliphatic heterocycles. The number of halogens is 3. The Morgan fingerprint density at radius 2 is 1.83 bits per heavy atom. The van der Waals surface area contributed by atoms with Gasteiger partial charge in [0.15, 0.2) is 5.71 Å². The first-order chi connectivity index (χ1) is 13.7. The number of nitrogens with zero attached hydrogens (tertiary/aromatic N) is 2. The fraction of sp³-hybridized carbons (Fsp3) is 0.562. The predicted octanol–water partition coefficient (Wildman–Crippen LogP) is 3.65. The van der Waals surface area contributed by atoms with E-state index in [1.54, 1.807) is 6.92 Å². The van der Waals surface area contributed by atoms with E-state index in [9.17, 15) is 21.6 Å². The molecule has 0 aliphatic carbocycles. The molecule has 1 aromatic rings. The molecule has 1 aliphatic rings. The van der Waals surface area contributed by atoms with Crippen molar-refractivity contribution in [3.8, 4) is 5.75 Å². The number of rotatable bonds is 10. The van der Waals surface area contributed by atoms with Crippen molar-refractivity contribution in [2.45, 2.75) is 32.4 Å². The van der Waals surface area contributed by atoms with Gasteiger partial charge in [-0.2, -0.15) is 18.2 Å². The van der Waals surface area contributed by atoms with E-state index in [-0.39, 0.29) is 5.56 Å². The van der Waals surface area contributed by atoms with Crippen LogP contribution in [0.2, 0.25) is 0 Å². The number of sulfonamides is 1. The Kier molecular flexibility index (Phi) is 9.02. The predicted molar refractivity (Wildman–Crippen MR) is 100 cm³/mol. The van der Waals surface area contributed by atoms with Crippen LogP contribution in [0.15, 0.2) is 29.4 Å². The molecule has 0 N–H and O–H groups in total. The molecule has 1 heterocycles. The number of piperidine rings is 1. The zero-order valence-electron chi connectivity index (χ0n) is 15.6. The molecule has 8 nitrogen and oxygen atoms in total. The van der Waals surface area contributed by atoms with E-state index in [4.69, 9.17) is 4.74 Å². The summed E-state index contributed by atoms with van der Waals surface area (Å²) in [5, 5.41) is 6.52. The highest BCUT2D eigenvalue weighted by molar-refractivity contribution is 8.08. The highest BCUT2D eigenvalue weighted by atomic mass is 32.3. The van der Waals surface area contributed by atoms with Crippen molar-refractivity contribution in [3.63, 3.8) is 0 Å². The molecule has 0 aromatic heterocycles. The molecule has 0 saturated carbocycles. The second kappa shape index (κ2) is 11.0. The Morgan fingerprint density at radius 1 is 1.17 bits per heavy atom. The minimum Gasteiger partial charge on any atom is -0.494 e. The Labute approximate surface area is 171 Å². The lowest BCUT2D eigenvalue weighted by molar-refractivity contribution is -0.462. The van der Waals surface area contributed by atoms with Gasteiger partial charge in [-0.05, 0) is 49.2 Å². The van der Waals surface area contributed by atoms with Crippen LogP contribution in [0.1, 0.15) is 31.7 Å². The summed E-state index contributed by atoms with van der Waals surface area (Å²) >= 11 is 0.372. The fourth-order valence-corrected chi connectivity index (χ4v) is 4.64. The zero-order chi connectivity index (χ0) is 21.3. The van der Waals surface area contributed by atoms with E-state index in [1.807, 2.05) is 0 Å². The largest absolute Gasteiger partial charge is 0.494 e. The number of ether oxygens (including phenoxy) is 1. The lowest BCUT2D eigenvalue weighted by Gasteiger charge is -2.25. The van der Waals surface area contributed by atoms with Crippen molar-refractivity contribution in [1.82, 2.24) is 4.31 Å². The van der Waals surface area contributed by atoms with Crippen molar-refractivity contribution in [2.24, 2.45) is 5.16 Å². The van der Waals surface area contributed by atoms with Crippen molar-refractivity contribution in [1.29, 1.82) is 0 Å². The molecular formula is C16H21F3N2O6S2. The van der Waals surface area contributed by atoms with E-state index in [1.165, 1.54) is 28.6 Å².